The van der Waals surface area contributed by atoms with Crippen molar-refractivity contribution in [3.63, 3.8) is 0 Å². The number of hydrogen-bond donors (Lipinski definition) is 2. The standard InChI is InChI=1S/C20H20ClN5O/c1-3-13-8-16(20(27)26(7-6-22)19(13)23)15-5-4-14(9-17(15)21)18-11-24-10-12(2)25-18/h3-5,8-11,23H,6-7,22H2,1-2H3/b13-3-,23-19?. The fourth-order valence-electron chi connectivity index (χ4n) is 2.94. The summed E-state index contributed by atoms with van der Waals surface area (Å²) >= 11 is 6.51. The SMILES string of the molecule is C/C=C1/C=C(c2ccc(-c3cncc(C)n3)cc2Cl)C(=O)N(CCN)C1=N. The number of nitrogens with zero attached hydrogens (tertiary/aromatic N) is 3. The van der Waals surface area contributed by atoms with Gasteiger partial charge in [-0.1, -0.05) is 29.8 Å². The maximum Gasteiger partial charge on any atom is 0.260 e. The number of rotatable bonds is 4. The molecule has 3 N–H and O–H groups in total. The van der Waals surface area contributed by atoms with E-state index >= 15 is 0 Å². The Bertz CT molecular complexity index is 980. The van der Waals surface area contributed by atoms with Crippen LogP contribution in [0.3, 0.4) is 0 Å². The maximum atomic E-state index is 12.9. The van der Waals surface area contributed by atoms with Gasteiger partial charge >= 0.3 is 0 Å². The minimum Gasteiger partial charge on any atom is -0.329 e. The lowest BCUT2D eigenvalue weighted by Crippen LogP contribution is -2.43. The van der Waals surface area contributed by atoms with E-state index in [1.54, 1.807) is 36.7 Å². The average molecular weight is 382 g/mol. The van der Waals surface area contributed by atoms with Gasteiger partial charge in [0.25, 0.3) is 5.91 Å². The number of aryl methyl sites for hydroxylation is 1. The number of carbonyl (C=O) groups excluding carboxylic acids is 1. The molecule has 1 aromatic heterocycles. The Morgan fingerprint density at radius 1 is 1.33 bits per heavy atom. The predicted molar refractivity (Wildman–Crippen MR) is 107 cm³/mol. The number of aromatic nitrogens is 2. The highest BCUT2D eigenvalue weighted by atomic mass is 35.5. The number of nitrogens with two attached hydrogens (primary N) is 1. The molecule has 0 saturated heterocycles. The zero-order valence-electron chi connectivity index (χ0n) is 15.2. The Balaban J connectivity index is 2.05. The second-order valence-electron chi connectivity index (χ2n) is 6.14. The van der Waals surface area contributed by atoms with Gasteiger partial charge in [-0.15, -0.1) is 0 Å². The van der Waals surface area contributed by atoms with Crippen molar-refractivity contribution in [3.05, 3.63) is 64.6 Å². The molecular weight excluding hydrogens is 362 g/mol. The van der Waals surface area contributed by atoms with E-state index in [9.17, 15) is 4.79 Å². The Morgan fingerprint density at radius 2 is 2.11 bits per heavy atom. The average Bonchev–Trinajstić information content (AvgIpc) is 2.66. The zero-order valence-corrected chi connectivity index (χ0v) is 15.9. The highest BCUT2D eigenvalue weighted by Gasteiger charge is 2.30. The summed E-state index contributed by atoms with van der Waals surface area (Å²) in [5, 5.41) is 8.64. The van der Waals surface area contributed by atoms with Crippen molar-refractivity contribution in [1.82, 2.24) is 14.9 Å². The van der Waals surface area contributed by atoms with Gasteiger partial charge in [0.2, 0.25) is 0 Å². The quantitative estimate of drug-likeness (QED) is 0.849. The molecule has 2 aromatic rings. The molecule has 3 rings (SSSR count). The smallest absolute Gasteiger partial charge is 0.260 e. The van der Waals surface area contributed by atoms with E-state index < -0.39 is 0 Å². The van der Waals surface area contributed by atoms with Gasteiger partial charge < -0.3 is 5.73 Å². The van der Waals surface area contributed by atoms with Crippen LogP contribution in [0.4, 0.5) is 0 Å². The maximum absolute atomic E-state index is 12.9. The van der Waals surface area contributed by atoms with Crippen LogP contribution in [0.2, 0.25) is 5.02 Å². The van der Waals surface area contributed by atoms with Crippen LogP contribution in [-0.4, -0.2) is 39.7 Å². The van der Waals surface area contributed by atoms with Gasteiger partial charge in [-0.25, -0.2) is 4.98 Å². The van der Waals surface area contributed by atoms with E-state index in [0.717, 1.165) is 11.3 Å². The topological polar surface area (TPSA) is 96.0 Å². The van der Waals surface area contributed by atoms with Gasteiger partial charge in [0, 0.05) is 46.6 Å². The van der Waals surface area contributed by atoms with Gasteiger partial charge in [-0.05, 0) is 26.0 Å². The molecule has 0 bridgehead atoms. The summed E-state index contributed by atoms with van der Waals surface area (Å²) in [4.78, 5) is 22.9. The fourth-order valence-corrected chi connectivity index (χ4v) is 3.22. The summed E-state index contributed by atoms with van der Waals surface area (Å²) in [6.07, 6.45) is 6.85. The third kappa shape index (κ3) is 3.67. The number of allylic oxidation sites excluding steroid dienone is 1. The first-order chi connectivity index (χ1) is 13.0. The third-order valence-corrected chi connectivity index (χ3v) is 4.61. The van der Waals surface area contributed by atoms with Gasteiger partial charge in [0.15, 0.2) is 0 Å². The van der Waals surface area contributed by atoms with E-state index in [-0.39, 0.29) is 24.8 Å². The van der Waals surface area contributed by atoms with Gasteiger partial charge in [-0.3, -0.25) is 20.1 Å². The second-order valence-corrected chi connectivity index (χ2v) is 6.54. The summed E-state index contributed by atoms with van der Waals surface area (Å²) in [6, 6.07) is 5.44. The lowest BCUT2D eigenvalue weighted by atomic mass is 9.95. The number of nitrogens with one attached hydrogen (secondary N) is 1. The van der Waals surface area contributed by atoms with Crippen LogP contribution in [0.25, 0.3) is 16.8 Å². The molecule has 6 nitrogen and oxygen atoms in total. The van der Waals surface area contributed by atoms with Crippen LogP contribution < -0.4 is 5.73 Å². The molecule has 0 spiro atoms. The van der Waals surface area contributed by atoms with Crippen LogP contribution in [0.5, 0.6) is 0 Å². The lowest BCUT2D eigenvalue weighted by molar-refractivity contribution is -0.121. The van der Waals surface area contributed by atoms with E-state index in [0.29, 0.717) is 27.4 Å². The monoisotopic (exact) mass is 381 g/mol. The minimum absolute atomic E-state index is 0.152. The molecule has 1 amide bonds. The van der Waals surface area contributed by atoms with Crippen LogP contribution >= 0.6 is 11.6 Å². The fraction of sp³-hybridized carbons (Fsp3) is 0.200. The molecule has 1 aliphatic heterocycles. The van der Waals surface area contributed by atoms with Crippen molar-refractivity contribution in [2.24, 2.45) is 5.73 Å². The number of benzene rings is 1. The Kier molecular flexibility index (Phi) is 5.48. The van der Waals surface area contributed by atoms with E-state index in [4.69, 9.17) is 22.7 Å². The molecule has 1 aromatic carbocycles. The Labute approximate surface area is 162 Å². The molecule has 27 heavy (non-hydrogen) atoms. The van der Waals surface area contributed by atoms with Crippen molar-refractivity contribution in [2.45, 2.75) is 13.8 Å². The highest BCUT2D eigenvalue weighted by molar-refractivity contribution is 6.37. The van der Waals surface area contributed by atoms with Crippen molar-refractivity contribution in [1.29, 1.82) is 5.41 Å². The van der Waals surface area contributed by atoms with Crippen molar-refractivity contribution in [2.75, 3.05) is 13.1 Å². The van der Waals surface area contributed by atoms with Gasteiger partial charge in [0.1, 0.15) is 5.84 Å². The molecule has 138 valence electrons. The minimum atomic E-state index is -0.277. The molecule has 0 unspecified atom stereocenters. The van der Waals surface area contributed by atoms with Crippen molar-refractivity contribution < 1.29 is 4.79 Å². The van der Waals surface area contributed by atoms with Crippen molar-refractivity contribution in [3.8, 4) is 11.3 Å². The molecule has 7 heteroatoms. The van der Waals surface area contributed by atoms with Crippen LogP contribution in [-0.2, 0) is 4.79 Å². The van der Waals surface area contributed by atoms with E-state index in [1.807, 2.05) is 19.9 Å². The molecule has 0 fully saturated rings. The molecule has 0 aliphatic carbocycles. The highest BCUT2D eigenvalue weighted by Crippen LogP contribution is 2.33. The van der Waals surface area contributed by atoms with Gasteiger partial charge in [-0.2, -0.15) is 0 Å². The summed E-state index contributed by atoms with van der Waals surface area (Å²) in [7, 11) is 0. The third-order valence-electron chi connectivity index (χ3n) is 4.29. The van der Waals surface area contributed by atoms with E-state index in [2.05, 4.69) is 9.97 Å². The lowest BCUT2D eigenvalue weighted by Gasteiger charge is -2.29. The Morgan fingerprint density at radius 3 is 2.74 bits per heavy atom. The van der Waals surface area contributed by atoms with Crippen molar-refractivity contribution >= 4 is 28.9 Å². The summed E-state index contributed by atoms with van der Waals surface area (Å²) in [5.41, 5.74) is 9.67. The summed E-state index contributed by atoms with van der Waals surface area (Å²) < 4.78 is 0. The zero-order chi connectivity index (χ0) is 19.6. The molecule has 0 atom stereocenters. The number of halogens is 1. The summed E-state index contributed by atoms with van der Waals surface area (Å²) in [6.45, 7) is 4.26. The molecule has 2 heterocycles. The van der Waals surface area contributed by atoms with Crippen LogP contribution in [0.1, 0.15) is 18.2 Å². The number of carbonyl (C=O) groups is 1. The van der Waals surface area contributed by atoms with Crippen LogP contribution in [0.15, 0.2) is 48.3 Å². The normalized spacial score (nSPS) is 16.1. The molecular formula is C20H20ClN5O. The molecule has 0 saturated carbocycles. The van der Waals surface area contributed by atoms with E-state index in [1.165, 1.54) is 4.90 Å². The molecule has 0 radical (unpaired) electrons. The van der Waals surface area contributed by atoms with Gasteiger partial charge in [0.05, 0.1) is 17.6 Å². The largest absolute Gasteiger partial charge is 0.329 e. The predicted octanol–water partition coefficient (Wildman–Crippen LogP) is 3.21. The summed E-state index contributed by atoms with van der Waals surface area (Å²) in [5.74, 6) is -0.125. The number of hydrogen-bond acceptors (Lipinski definition) is 5. The first-order valence-electron chi connectivity index (χ1n) is 8.54. The first kappa shape index (κ1) is 18.9. The Hall–Kier alpha value is -2.83. The molecule has 1 aliphatic rings. The number of amides is 1. The first-order valence-corrected chi connectivity index (χ1v) is 8.92. The number of amidine groups is 1. The van der Waals surface area contributed by atoms with Crippen LogP contribution in [0, 0.1) is 12.3 Å². The second kappa shape index (κ2) is 7.82.